The van der Waals surface area contributed by atoms with Gasteiger partial charge in [-0.1, -0.05) is 0 Å². The van der Waals surface area contributed by atoms with Crippen LogP contribution in [0.3, 0.4) is 0 Å². The van der Waals surface area contributed by atoms with Gasteiger partial charge in [0.25, 0.3) is 0 Å². The predicted molar refractivity (Wildman–Crippen MR) is 69.6 cm³/mol. The number of nitrogens with zero attached hydrogens (tertiary/aromatic N) is 1. The fourth-order valence-electron chi connectivity index (χ4n) is 1.55. The fourth-order valence-corrected chi connectivity index (χ4v) is 1.55. The molecule has 1 unspecified atom stereocenters. The first-order valence-corrected chi connectivity index (χ1v) is 5.43. The Morgan fingerprint density at radius 3 is 2.50 bits per heavy atom. The molecular formula is C12H17N3O3. The maximum Gasteiger partial charge on any atom is 0.337 e. The summed E-state index contributed by atoms with van der Waals surface area (Å²) in [5.74, 6) is -1.21. The standard InChI is InChI=1S/C12H17N3O3/c1-7(11(16)15(2)3)14-10-6-8(13)4-5-9(10)12(17)18/h4-7,14H,13H2,1-3H3,(H,17,18). The largest absolute Gasteiger partial charge is 0.478 e. The number of amides is 1. The second kappa shape index (κ2) is 5.39. The zero-order valence-electron chi connectivity index (χ0n) is 10.6. The van der Waals surface area contributed by atoms with E-state index in [-0.39, 0.29) is 11.5 Å². The van der Waals surface area contributed by atoms with Crippen molar-refractivity contribution in [3.8, 4) is 0 Å². The first-order valence-electron chi connectivity index (χ1n) is 5.43. The quantitative estimate of drug-likeness (QED) is 0.690. The van der Waals surface area contributed by atoms with Gasteiger partial charge in [-0.15, -0.1) is 0 Å². The maximum absolute atomic E-state index is 11.7. The highest BCUT2D eigenvalue weighted by atomic mass is 16.4. The van der Waals surface area contributed by atoms with Gasteiger partial charge in [0.15, 0.2) is 0 Å². The summed E-state index contributed by atoms with van der Waals surface area (Å²) in [6, 6.07) is 3.89. The Bertz CT molecular complexity index is 472. The van der Waals surface area contributed by atoms with E-state index in [1.807, 2.05) is 0 Å². The molecule has 4 N–H and O–H groups in total. The highest BCUT2D eigenvalue weighted by molar-refractivity contribution is 5.96. The van der Waals surface area contributed by atoms with Crippen LogP contribution in [0.15, 0.2) is 18.2 Å². The lowest BCUT2D eigenvalue weighted by Crippen LogP contribution is -2.37. The molecule has 0 heterocycles. The van der Waals surface area contributed by atoms with E-state index in [1.54, 1.807) is 21.0 Å². The van der Waals surface area contributed by atoms with Gasteiger partial charge in [0.1, 0.15) is 6.04 Å². The van der Waals surface area contributed by atoms with Crippen molar-refractivity contribution in [1.82, 2.24) is 4.90 Å². The van der Waals surface area contributed by atoms with Gasteiger partial charge in [0, 0.05) is 19.8 Å². The summed E-state index contributed by atoms with van der Waals surface area (Å²) in [5, 5.41) is 11.9. The highest BCUT2D eigenvalue weighted by Gasteiger charge is 2.18. The van der Waals surface area contributed by atoms with Crippen molar-refractivity contribution in [2.45, 2.75) is 13.0 Å². The van der Waals surface area contributed by atoms with Gasteiger partial charge in [-0.05, 0) is 25.1 Å². The Balaban J connectivity index is 2.99. The lowest BCUT2D eigenvalue weighted by molar-refractivity contribution is -0.129. The number of aromatic carboxylic acids is 1. The predicted octanol–water partition coefficient (Wildman–Crippen LogP) is 0.856. The van der Waals surface area contributed by atoms with Crippen LogP contribution in [0.5, 0.6) is 0 Å². The molecule has 1 atom stereocenters. The third-order valence-corrected chi connectivity index (χ3v) is 2.46. The van der Waals surface area contributed by atoms with Crippen LogP contribution in [0.1, 0.15) is 17.3 Å². The molecule has 1 aromatic carbocycles. The van der Waals surface area contributed by atoms with Crippen LogP contribution in [0, 0.1) is 0 Å². The number of nitrogen functional groups attached to an aromatic ring is 1. The molecule has 0 aromatic heterocycles. The Kier molecular flexibility index (Phi) is 4.14. The van der Waals surface area contributed by atoms with Crippen molar-refractivity contribution in [2.75, 3.05) is 25.1 Å². The minimum Gasteiger partial charge on any atom is -0.478 e. The molecule has 18 heavy (non-hydrogen) atoms. The van der Waals surface area contributed by atoms with Gasteiger partial charge >= 0.3 is 5.97 Å². The van der Waals surface area contributed by atoms with Gasteiger partial charge in [-0.25, -0.2) is 4.79 Å². The van der Waals surface area contributed by atoms with Crippen molar-refractivity contribution in [1.29, 1.82) is 0 Å². The third kappa shape index (κ3) is 3.13. The van der Waals surface area contributed by atoms with E-state index in [2.05, 4.69) is 5.32 Å². The van der Waals surface area contributed by atoms with E-state index in [9.17, 15) is 9.59 Å². The first-order chi connectivity index (χ1) is 8.32. The van der Waals surface area contributed by atoms with Gasteiger partial charge in [0.05, 0.1) is 11.3 Å². The molecule has 1 rings (SSSR count). The number of carbonyl (C=O) groups excluding carboxylic acids is 1. The lowest BCUT2D eigenvalue weighted by Gasteiger charge is -2.20. The molecule has 0 saturated carbocycles. The minimum absolute atomic E-state index is 0.0857. The molecule has 98 valence electrons. The zero-order valence-corrected chi connectivity index (χ0v) is 10.6. The number of nitrogens with two attached hydrogens (primary N) is 1. The van der Waals surface area contributed by atoms with Crippen LogP contribution in [0.2, 0.25) is 0 Å². The molecule has 6 heteroatoms. The molecule has 0 fully saturated rings. The summed E-state index contributed by atoms with van der Waals surface area (Å²) in [6.07, 6.45) is 0. The maximum atomic E-state index is 11.7. The number of hydrogen-bond donors (Lipinski definition) is 3. The summed E-state index contributed by atoms with van der Waals surface area (Å²) in [6.45, 7) is 1.66. The van der Waals surface area contributed by atoms with Crippen LogP contribution in [0.4, 0.5) is 11.4 Å². The summed E-state index contributed by atoms with van der Waals surface area (Å²) in [7, 11) is 3.27. The first kappa shape index (κ1) is 13.8. The molecule has 0 saturated heterocycles. The van der Waals surface area contributed by atoms with Gasteiger partial charge in [-0.2, -0.15) is 0 Å². The topological polar surface area (TPSA) is 95.7 Å². The van der Waals surface area contributed by atoms with Crippen molar-refractivity contribution in [3.63, 3.8) is 0 Å². The van der Waals surface area contributed by atoms with Crippen molar-refractivity contribution in [3.05, 3.63) is 23.8 Å². The van der Waals surface area contributed by atoms with Crippen molar-refractivity contribution >= 4 is 23.3 Å². The van der Waals surface area contributed by atoms with E-state index >= 15 is 0 Å². The van der Waals surface area contributed by atoms with Crippen molar-refractivity contribution < 1.29 is 14.7 Å². The van der Waals surface area contributed by atoms with Crippen LogP contribution in [-0.4, -0.2) is 42.0 Å². The van der Waals surface area contributed by atoms with Gasteiger partial charge < -0.3 is 21.1 Å². The summed E-state index contributed by atoms with van der Waals surface area (Å²) >= 11 is 0. The molecule has 0 spiro atoms. The number of benzene rings is 1. The molecular weight excluding hydrogens is 234 g/mol. The Labute approximate surface area is 105 Å². The normalized spacial score (nSPS) is 11.7. The Morgan fingerprint density at radius 1 is 1.39 bits per heavy atom. The molecule has 0 aliphatic heterocycles. The number of rotatable bonds is 4. The SMILES string of the molecule is CC(Nc1cc(N)ccc1C(=O)O)C(=O)N(C)C. The molecule has 0 aliphatic rings. The van der Waals surface area contributed by atoms with Crippen LogP contribution < -0.4 is 11.1 Å². The van der Waals surface area contributed by atoms with Crippen molar-refractivity contribution in [2.24, 2.45) is 0 Å². The molecule has 6 nitrogen and oxygen atoms in total. The summed E-state index contributed by atoms with van der Waals surface area (Å²) < 4.78 is 0. The van der Waals surface area contributed by atoms with Crippen LogP contribution in [-0.2, 0) is 4.79 Å². The second-order valence-electron chi connectivity index (χ2n) is 4.21. The number of nitrogens with one attached hydrogen (secondary N) is 1. The average Bonchev–Trinajstić information content (AvgIpc) is 2.27. The monoisotopic (exact) mass is 251 g/mol. The lowest BCUT2D eigenvalue weighted by atomic mass is 10.1. The number of carboxylic acid groups (broad SMARTS) is 1. The Morgan fingerprint density at radius 2 is 2.00 bits per heavy atom. The highest BCUT2D eigenvalue weighted by Crippen LogP contribution is 2.20. The minimum atomic E-state index is -1.07. The van der Waals surface area contributed by atoms with E-state index in [0.717, 1.165) is 0 Å². The average molecular weight is 251 g/mol. The van der Waals surface area contributed by atoms with Gasteiger partial charge in [-0.3, -0.25) is 4.79 Å². The molecule has 0 radical (unpaired) electrons. The smallest absolute Gasteiger partial charge is 0.337 e. The number of likely N-dealkylation sites (N-methyl/N-ethyl adjacent to an activating group) is 1. The van der Waals surface area contributed by atoms with Crippen LogP contribution in [0.25, 0.3) is 0 Å². The van der Waals surface area contributed by atoms with E-state index < -0.39 is 12.0 Å². The molecule has 1 amide bonds. The summed E-state index contributed by atoms with van der Waals surface area (Å²) in [5.41, 5.74) is 6.47. The zero-order chi connectivity index (χ0) is 13.9. The Hall–Kier alpha value is -2.24. The number of carbonyl (C=O) groups is 2. The number of hydrogen-bond acceptors (Lipinski definition) is 4. The van der Waals surface area contributed by atoms with E-state index in [0.29, 0.717) is 11.4 Å². The third-order valence-electron chi connectivity index (χ3n) is 2.46. The summed E-state index contributed by atoms with van der Waals surface area (Å²) in [4.78, 5) is 24.2. The molecule has 0 aliphatic carbocycles. The van der Waals surface area contributed by atoms with Gasteiger partial charge in [0.2, 0.25) is 5.91 Å². The van der Waals surface area contributed by atoms with E-state index in [1.165, 1.54) is 23.1 Å². The fraction of sp³-hybridized carbons (Fsp3) is 0.333. The number of anilines is 2. The number of carboxylic acids is 1. The molecule has 0 bridgehead atoms. The van der Waals surface area contributed by atoms with E-state index in [4.69, 9.17) is 10.8 Å². The molecule has 1 aromatic rings. The van der Waals surface area contributed by atoms with Crippen LogP contribution >= 0.6 is 0 Å². The second-order valence-corrected chi connectivity index (χ2v) is 4.21.